The first-order valence-corrected chi connectivity index (χ1v) is 5.12. The highest BCUT2D eigenvalue weighted by molar-refractivity contribution is 5.89. The second-order valence-electron chi connectivity index (χ2n) is 3.90. The Morgan fingerprint density at radius 3 is 2.87 bits per heavy atom. The largest absolute Gasteiger partial charge is 0.411 e. The van der Waals surface area contributed by atoms with Crippen LogP contribution in [-0.2, 0) is 9.53 Å². The maximum absolute atomic E-state index is 11.8. The number of likely N-dealkylation sites (tertiary alicyclic amines) is 1. The fourth-order valence-corrected chi connectivity index (χ4v) is 1.73. The van der Waals surface area contributed by atoms with Crippen molar-refractivity contribution >= 4 is 11.6 Å². The Bertz CT molecular complexity index is 265. The van der Waals surface area contributed by atoms with E-state index in [9.17, 15) is 4.79 Å². The lowest BCUT2D eigenvalue weighted by Gasteiger charge is -2.32. The van der Waals surface area contributed by atoms with Crippen molar-refractivity contribution in [1.82, 2.24) is 4.90 Å². The Morgan fingerprint density at radius 2 is 2.40 bits per heavy atom. The number of hydrogen-bond acceptors (Lipinski definition) is 4. The van der Waals surface area contributed by atoms with Crippen LogP contribution in [0.4, 0.5) is 0 Å². The van der Waals surface area contributed by atoms with Crippen LogP contribution in [0.3, 0.4) is 0 Å². The highest BCUT2D eigenvalue weighted by atomic mass is 16.5. The molecule has 0 aromatic rings. The highest BCUT2D eigenvalue weighted by Crippen LogP contribution is 2.15. The summed E-state index contributed by atoms with van der Waals surface area (Å²) in [5, 5.41) is 11.9. The van der Waals surface area contributed by atoms with Crippen molar-refractivity contribution in [2.24, 2.45) is 11.1 Å². The van der Waals surface area contributed by atoms with Crippen molar-refractivity contribution in [3.05, 3.63) is 0 Å². The summed E-state index contributed by atoms with van der Waals surface area (Å²) in [6.45, 7) is 4.90. The maximum Gasteiger partial charge on any atom is 0.251 e. The molecule has 0 radical (unpaired) electrons. The van der Waals surface area contributed by atoms with Crippen LogP contribution in [-0.4, -0.2) is 48.0 Å². The first-order chi connectivity index (χ1) is 7.10. The van der Waals surface area contributed by atoms with Gasteiger partial charge in [-0.3, -0.25) is 4.79 Å². The van der Waals surface area contributed by atoms with Gasteiger partial charge in [-0.15, -0.1) is 0 Å². The molecular formula is C10H18N2O3. The highest BCUT2D eigenvalue weighted by Gasteiger charge is 2.28. The van der Waals surface area contributed by atoms with Gasteiger partial charge in [-0.1, -0.05) is 12.1 Å². The molecule has 2 atom stereocenters. The Kier molecular flexibility index (Phi) is 4.08. The molecule has 1 aliphatic heterocycles. The lowest BCUT2D eigenvalue weighted by Crippen LogP contribution is -2.47. The average Bonchev–Trinajstić information content (AvgIpc) is 2.26. The molecule has 0 spiro atoms. The maximum atomic E-state index is 11.8. The standard InChI is InChI=1S/C10H18N2O3/c1-7-6-12(5-4-9(7)11-14)10(13)8(2)15-3/h7-8,14H,4-6H2,1-3H3. The van der Waals surface area contributed by atoms with Gasteiger partial charge in [-0.05, 0) is 6.92 Å². The molecule has 5 heteroatoms. The second-order valence-corrected chi connectivity index (χ2v) is 3.90. The molecule has 1 saturated heterocycles. The van der Waals surface area contributed by atoms with Gasteiger partial charge in [0, 0.05) is 32.5 Å². The number of hydrogen-bond donors (Lipinski definition) is 1. The van der Waals surface area contributed by atoms with Gasteiger partial charge in [-0.2, -0.15) is 0 Å². The zero-order chi connectivity index (χ0) is 11.4. The Labute approximate surface area is 89.7 Å². The van der Waals surface area contributed by atoms with E-state index < -0.39 is 6.10 Å². The average molecular weight is 214 g/mol. The quantitative estimate of drug-likeness (QED) is 0.544. The van der Waals surface area contributed by atoms with Gasteiger partial charge >= 0.3 is 0 Å². The predicted octanol–water partition coefficient (Wildman–Crippen LogP) is 0.720. The molecule has 1 rings (SSSR count). The van der Waals surface area contributed by atoms with Gasteiger partial charge in [0.1, 0.15) is 6.10 Å². The fourth-order valence-electron chi connectivity index (χ4n) is 1.73. The summed E-state index contributed by atoms with van der Waals surface area (Å²) in [7, 11) is 1.52. The molecule has 0 aromatic heterocycles. The molecule has 1 amide bonds. The normalized spacial score (nSPS) is 26.7. The predicted molar refractivity (Wildman–Crippen MR) is 56.1 cm³/mol. The van der Waals surface area contributed by atoms with Gasteiger partial charge in [0.2, 0.25) is 0 Å². The third kappa shape index (κ3) is 2.68. The summed E-state index contributed by atoms with van der Waals surface area (Å²) in [5.74, 6) is 0.123. The van der Waals surface area contributed by atoms with Crippen LogP contribution >= 0.6 is 0 Å². The Morgan fingerprint density at radius 1 is 1.73 bits per heavy atom. The van der Waals surface area contributed by atoms with Gasteiger partial charge in [0.25, 0.3) is 5.91 Å². The first kappa shape index (κ1) is 12.0. The van der Waals surface area contributed by atoms with Gasteiger partial charge in [0.15, 0.2) is 0 Å². The van der Waals surface area contributed by atoms with Gasteiger partial charge in [-0.25, -0.2) is 0 Å². The van der Waals surface area contributed by atoms with E-state index in [1.54, 1.807) is 11.8 Å². The molecule has 0 saturated carbocycles. The van der Waals surface area contributed by atoms with Crippen LogP contribution in [0.2, 0.25) is 0 Å². The lowest BCUT2D eigenvalue weighted by molar-refractivity contribution is -0.141. The van der Waals surface area contributed by atoms with Gasteiger partial charge in [0.05, 0.1) is 5.71 Å². The number of methoxy groups -OCH3 is 1. The minimum atomic E-state index is -0.398. The van der Waals surface area contributed by atoms with Crippen molar-refractivity contribution in [2.75, 3.05) is 20.2 Å². The van der Waals surface area contributed by atoms with E-state index in [2.05, 4.69) is 5.16 Å². The molecule has 1 heterocycles. The zero-order valence-corrected chi connectivity index (χ0v) is 9.43. The first-order valence-electron chi connectivity index (χ1n) is 5.12. The van der Waals surface area contributed by atoms with Crippen LogP contribution < -0.4 is 0 Å². The summed E-state index contributed by atoms with van der Waals surface area (Å²) in [6.07, 6.45) is 0.240. The minimum Gasteiger partial charge on any atom is -0.411 e. The second kappa shape index (κ2) is 5.11. The Balaban J connectivity index is 2.58. The van der Waals surface area contributed by atoms with E-state index in [0.717, 1.165) is 5.71 Å². The molecule has 5 nitrogen and oxygen atoms in total. The van der Waals surface area contributed by atoms with Crippen molar-refractivity contribution in [1.29, 1.82) is 0 Å². The number of ether oxygens (including phenoxy) is 1. The van der Waals surface area contributed by atoms with Crippen molar-refractivity contribution in [2.45, 2.75) is 26.4 Å². The molecule has 0 bridgehead atoms. The number of nitrogens with zero attached hydrogens (tertiary/aromatic N) is 2. The van der Waals surface area contributed by atoms with Crippen molar-refractivity contribution in [3.8, 4) is 0 Å². The summed E-state index contributed by atoms with van der Waals surface area (Å²) in [4.78, 5) is 13.5. The molecule has 2 unspecified atom stereocenters. The van der Waals surface area contributed by atoms with Crippen LogP contribution in [0.15, 0.2) is 5.16 Å². The summed E-state index contributed by atoms with van der Waals surface area (Å²) >= 11 is 0. The Hall–Kier alpha value is -1.10. The number of amides is 1. The third-order valence-corrected chi connectivity index (χ3v) is 2.84. The summed E-state index contributed by atoms with van der Waals surface area (Å²) < 4.78 is 4.98. The fraction of sp³-hybridized carbons (Fsp3) is 0.800. The van der Waals surface area contributed by atoms with Crippen LogP contribution in [0.5, 0.6) is 0 Å². The number of oxime groups is 1. The molecule has 0 aliphatic carbocycles. The number of carbonyl (C=O) groups excluding carboxylic acids is 1. The van der Waals surface area contributed by atoms with E-state index in [4.69, 9.17) is 9.94 Å². The molecule has 86 valence electrons. The van der Waals surface area contributed by atoms with E-state index >= 15 is 0 Å². The molecule has 15 heavy (non-hydrogen) atoms. The van der Waals surface area contributed by atoms with E-state index in [1.165, 1.54) is 7.11 Å². The van der Waals surface area contributed by atoms with Gasteiger partial charge < -0.3 is 14.8 Å². The lowest BCUT2D eigenvalue weighted by atomic mass is 9.97. The third-order valence-electron chi connectivity index (χ3n) is 2.84. The van der Waals surface area contributed by atoms with E-state index in [0.29, 0.717) is 19.5 Å². The van der Waals surface area contributed by atoms with Crippen molar-refractivity contribution < 1.29 is 14.7 Å². The minimum absolute atomic E-state index is 0.00124. The van der Waals surface area contributed by atoms with Crippen LogP contribution in [0.1, 0.15) is 20.3 Å². The number of piperidine rings is 1. The van der Waals surface area contributed by atoms with Crippen molar-refractivity contribution in [3.63, 3.8) is 0 Å². The topological polar surface area (TPSA) is 62.1 Å². The number of carbonyl (C=O) groups is 1. The van der Waals surface area contributed by atoms with E-state index in [1.807, 2.05) is 6.92 Å². The molecular weight excluding hydrogens is 196 g/mol. The van der Waals surface area contributed by atoms with Crippen LogP contribution in [0.25, 0.3) is 0 Å². The zero-order valence-electron chi connectivity index (χ0n) is 9.43. The SMILES string of the molecule is COC(C)C(=O)N1CCC(=NO)C(C)C1. The number of rotatable bonds is 2. The van der Waals surface area contributed by atoms with Crippen LogP contribution in [0, 0.1) is 5.92 Å². The molecule has 1 fully saturated rings. The summed E-state index contributed by atoms with van der Waals surface area (Å²) in [6, 6.07) is 0. The molecule has 1 N–H and O–H groups in total. The smallest absolute Gasteiger partial charge is 0.251 e. The molecule has 1 aliphatic rings. The molecule has 0 aromatic carbocycles. The van der Waals surface area contributed by atoms with E-state index in [-0.39, 0.29) is 11.8 Å². The summed E-state index contributed by atoms with van der Waals surface area (Å²) in [5.41, 5.74) is 0.768. The monoisotopic (exact) mass is 214 g/mol.